The molecular formula is C19H19IN4O. The van der Waals surface area contributed by atoms with Crippen molar-refractivity contribution >= 4 is 34.5 Å². The van der Waals surface area contributed by atoms with E-state index in [1.165, 1.54) is 15.5 Å². The summed E-state index contributed by atoms with van der Waals surface area (Å²) in [6.45, 7) is 0.936. The molecule has 3 rings (SSSR count). The smallest absolute Gasteiger partial charge is 0.181 e. The van der Waals surface area contributed by atoms with Crippen LogP contribution < -0.4 is 5.43 Å². The molecular weight excluding hydrogens is 427 g/mol. The van der Waals surface area contributed by atoms with E-state index >= 15 is 0 Å². The van der Waals surface area contributed by atoms with E-state index < -0.39 is 0 Å². The molecule has 1 aromatic heterocycles. The molecule has 1 N–H and O–H groups in total. The highest BCUT2D eigenvalue weighted by Gasteiger charge is 2.02. The van der Waals surface area contributed by atoms with E-state index in [0.717, 1.165) is 29.1 Å². The van der Waals surface area contributed by atoms with Gasteiger partial charge in [-0.1, -0.05) is 12.1 Å². The Hall–Kier alpha value is -2.19. The van der Waals surface area contributed by atoms with Crippen molar-refractivity contribution < 1.29 is 4.42 Å². The average Bonchev–Trinajstić information content (AvgIpc) is 3.12. The first-order chi connectivity index (χ1) is 12.1. The summed E-state index contributed by atoms with van der Waals surface area (Å²) < 4.78 is 6.52. The number of anilines is 1. The first-order valence-electron chi connectivity index (χ1n) is 7.83. The van der Waals surface area contributed by atoms with E-state index in [1.807, 2.05) is 30.5 Å². The lowest BCUT2D eigenvalue weighted by Gasteiger charge is -2.11. The van der Waals surface area contributed by atoms with Gasteiger partial charge >= 0.3 is 0 Å². The highest BCUT2D eigenvalue weighted by Crippen LogP contribution is 2.20. The molecule has 0 aliphatic carbocycles. The van der Waals surface area contributed by atoms with E-state index in [0.29, 0.717) is 0 Å². The molecule has 0 atom stereocenters. The highest BCUT2D eigenvalue weighted by molar-refractivity contribution is 14.1. The molecule has 3 aromatic rings. The number of aromatic nitrogens is 1. The maximum Gasteiger partial charge on any atom is 0.181 e. The topological polar surface area (TPSA) is 53.7 Å². The average molecular weight is 446 g/mol. The lowest BCUT2D eigenvalue weighted by Crippen LogP contribution is -2.11. The highest BCUT2D eigenvalue weighted by atomic mass is 127. The van der Waals surface area contributed by atoms with Crippen molar-refractivity contribution in [1.29, 1.82) is 0 Å². The molecule has 6 heteroatoms. The van der Waals surface area contributed by atoms with Gasteiger partial charge in [0.15, 0.2) is 12.2 Å². The van der Waals surface area contributed by atoms with E-state index in [9.17, 15) is 0 Å². The van der Waals surface area contributed by atoms with E-state index in [2.05, 4.69) is 75.3 Å². The van der Waals surface area contributed by atoms with Crippen LogP contribution in [0.3, 0.4) is 0 Å². The number of hydrogen-bond acceptors (Lipinski definition) is 5. The predicted octanol–water partition coefficient (Wildman–Crippen LogP) is 4.45. The molecule has 0 bridgehead atoms. The van der Waals surface area contributed by atoms with Gasteiger partial charge in [0.2, 0.25) is 0 Å². The number of hydrogen-bond donors (Lipinski definition) is 1. The molecule has 1 heterocycles. The molecule has 0 amide bonds. The lowest BCUT2D eigenvalue weighted by atomic mass is 10.1. The summed E-state index contributed by atoms with van der Waals surface area (Å²) in [5, 5.41) is 4.31. The first-order valence-corrected chi connectivity index (χ1v) is 8.91. The van der Waals surface area contributed by atoms with Crippen molar-refractivity contribution in [1.82, 2.24) is 9.88 Å². The Labute approximate surface area is 160 Å². The van der Waals surface area contributed by atoms with Crippen molar-refractivity contribution in [2.75, 3.05) is 19.5 Å². The number of hydrazone groups is 1. The fraction of sp³-hybridized carbons (Fsp3) is 0.158. The van der Waals surface area contributed by atoms with Crippen LogP contribution in [0.1, 0.15) is 11.1 Å². The fourth-order valence-electron chi connectivity index (χ4n) is 2.36. The third kappa shape index (κ3) is 4.90. The van der Waals surface area contributed by atoms with Crippen LogP contribution in [0.15, 0.2) is 64.6 Å². The molecule has 0 saturated carbocycles. The minimum absolute atomic E-state index is 0.752. The summed E-state index contributed by atoms with van der Waals surface area (Å²) in [6, 6.07) is 14.2. The fourth-order valence-corrected chi connectivity index (χ4v) is 3.07. The maximum absolute atomic E-state index is 5.28. The zero-order chi connectivity index (χ0) is 17.6. The summed E-state index contributed by atoms with van der Waals surface area (Å²) >= 11 is 2.37. The van der Waals surface area contributed by atoms with Crippen LogP contribution in [0.4, 0.5) is 5.69 Å². The third-order valence-electron chi connectivity index (χ3n) is 3.57. The number of benzene rings is 2. The van der Waals surface area contributed by atoms with Crippen molar-refractivity contribution in [3.8, 4) is 11.3 Å². The molecule has 128 valence electrons. The van der Waals surface area contributed by atoms with Crippen LogP contribution in [0.25, 0.3) is 11.3 Å². The first kappa shape index (κ1) is 17.6. The Kier molecular flexibility index (Phi) is 5.83. The van der Waals surface area contributed by atoms with E-state index in [4.69, 9.17) is 4.42 Å². The Morgan fingerprint density at radius 3 is 2.64 bits per heavy atom. The minimum atomic E-state index is 0.752. The minimum Gasteiger partial charge on any atom is -0.444 e. The summed E-state index contributed by atoms with van der Waals surface area (Å²) in [5.74, 6) is 0.752. The Morgan fingerprint density at radius 2 is 2.00 bits per heavy atom. The second-order valence-corrected chi connectivity index (χ2v) is 7.06. The van der Waals surface area contributed by atoms with Crippen LogP contribution in [-0.2, 0) is 6.54 Å². The molecule has 0 fully saturated rings. The van der Waals surface area contributed by atoms with Gasteiger partial charge in [0.25, 0.3) is 0 Å². The lowest BCUT2D eigenvalue weighted by molar-refractivity contribution is 0.401. The number of halogens is 1. The van der Waals surface area contributed by atoms with Crippen LogP contribution in [0.5, 0.6) is 0 Å². The molecule has 25 heavy (non-hydrogen) atoms. The van der Waals surface area contributed by atoms with Gasteiger partial charge < -0.3 is 9.32 Å². The monoisotopic (exact) mass is 446 g/mol. The number of nitrogens with one attached hydrogen (secondary N) is 1. The van der Waals surface area contributed by atoms with Crippen LogP contribution in [0.2, 0.25) is 0 Å². The molecule has 0 spiro atoms. The van der Waals surface area contributed by atoms with Crippen molar-refractivity contribution in [3.05, 3.63) is 69.8 Å². The molecule has 0 saturated heterocycles. The molecule has 0 aliphatic rings. The molecule has 0 radical (unpaired) electrons. The van der Waals surface area contributed by atoms with Gasteiger partial charge in [-0.05, 0) is 78.1 Å². The number of nitrogens with zero attached hydrogens (tertiary/aromatic N) is 3. The van der Waals surface area contributed by atoms with Crippen molar-refractivity contribution in [3.63, 3.8) is 0 Å². The van der Waals surface area contributed by atoms with Crippen molar-refractivity contribution in [2.24, 2.45) is 5.10 Å². The van der Waals surface area contributed by atoms with E-state index in [-0.39, 0.29) is 0 Å². The SMILES string of the molecule is CN(C)Cc1ccc(/C=N/Nc2ccc(-c3cnco3)cc2)cc1I. The van der Waals surface area contributed by atoms with Crippen LogP contribution in [0, 0.1) is 3.57 Å². The normalized spacial score (nSPS) is 11.4. The summed E-state index contributed by atoms with van der Waals surface area (Å²) in [4.78, 5) is 6.09. The predicted molar refractivity (Wildman–Crippen MR) is 110 cm³/mol. The second-order valence-electron chi connectivity index (χ2n) is 5.90. The second kappa shape index (κ2) is 8.26. The zero-order valence-corrected chi connectivity index (χ0v) is 16.3. The van der Waals surface area contributed by atoms with Crippen molar-refractivity contribution in [2.45, 2.75) is 6.54 Å². The number of oxazole rings is 1. The summed E-state index contributed by atoms with van der Waals surface area (Å²) in [6.07, 6.45) is 4.95. The van der Waals surface area contributed by atoms with Crippen LogP contribution >= 0.6 is 22.6 Å². The summed E-state index contributed by atoms with van der Waals surface area (Å²) in [7, 11) is 4.14. The van der Waals surface area contributed by atoms with E-state index in [1.54, 1.807) is 6.20 Å². The zero-order valence-electron chi connectivity index (χ0n) is 14.1. The van der Waals surface area contributed by atoms with Gasteiger partial charge in [0, 0.05) is 15.7 Å². The van der Waals surface area contributed by atoms with Gasteiger partial charge in [-0.3, -0.25) is 5.43 Å². The Morgan fingerprint density at radius 1 is 1.20 bits per heavy atom. The van der Waals surface area contributed by atoms with Gasteiger partial charge in [-0.15, -0.1) is 0 Å². The third-order valence-corrected chi connectivity index (χ3v) is 4.58. The molecule has 0 unspecified atom stereocenters. The largest absolute Gasteiger partial charge is 0.444 e. The molecule has 5 nitrogen and oxygen atoms in total. The number of rotatable bonds is 6. The Balaban J connectivity index is 1.62. The standard InChI is InChI=1S/C19H19IN4O/c1-24(2)12-16-4-3-14(9-18(16)20)10-22-23-17-7-5-15(6-8-17)19-11-21-13-25-19/h3-11,13,23H,12H2,1-2H3/b22-10+. The Bertz CT molecular complexity index is 842. The quantitative estimate of drug-likeness (QED) is 0.345. The van der Waals surface area contributed by atoms with Gasteiger partial charge in [-0.2, -0.15) is 5.10 Å². The maximum atomic E-state index is 5.28. The summed E-state index contributed by atoms with van der Waals surface area (Å²) in [5.41, 5.74) is 7.33. The molecule has 2 aromatic carbocycles. The van der Waals surface area contributed by atoms with Gasteiger partial charge in [-0.25, -0.2) is 4.98 Å². The molecule has 0 aliphatic heterocycles. The van der Waals surface area contributed by atoms with Gasteiger partial charge in [0.05, 0.1) is 18.1 Å². The van der Waals surface area contributed by atoms with Crippen LogP contribution in [-0.4, -0.2) is 30.2 Å². The van der Waals surface area contributed by atoms with Gasteiger partial charge in [0.1, 0.15) is 0 Å².